The van der Waals surface area contributed by atoms with E-state index in [0.29, 0.717) is 0 Å². The van der Waals surface area contributed by atoms with Gasteiger partial charge in [0.1, 0.15) is 0 Å². The molecule has 0 aliphatic carbocycles. The predicted octanol–water partition coefficient (Wildman–Crippen LogP) is 2.15. The quantitative estimate of drug-likeness (QED) is 0.746. The Balaban J connectivity index is 2.38. The van der Waals surface area contributed by atoms with Crippen LogP contribution in [0.25, 0.3) is 10.8 Å². The van der Waals surface area contributed by atoms with Crippen LogP contribution in [0.2, 0.25) is 0 Å². The van der Waals surface area contributed by atoms with E-state index in [1.165, 1.54) is 0 Å². The zero-order valence-electron chi connectivity index (χ0n) is 7.88. The second-order valence-electron chi connectivity index (χ2n) is 3.10. The largest absolute Gasteiger partial charge is 0.750 e. The maximum Gasteiger partial charge on any atom is 0.0885 e. The fraction of sp³-hybridized carbons (Fsp3) is 0.0909. The Hall–Kier alpha value is -1.23. The summed E-state index contributed by atoms with van der Waals surface area (Å²) >= 11 is -2.46. The number of rotatable bonds is 3. The standard InChI is InChI=1S/C11H10O3S/c12-15(13)14-8-10-6-3-5-9-4-1-2-7-11(9)10/h1-7H,8H2,(H,12,13)/p-1. The Kier molecular flexibility index (Phi) is 3.11. The first-order valence-electron chi connectivity index (χ1n) is 4.46. The molecule has 0 spiro atoms. The lowest BCUT2D eigenvalue weighted by Gasteiger charge is -2.08. The lowest BCUT2D eigenvalue weighted by atomic mass is 10.1. The van der Waals surface area contributed by atoms with Gasteiger partial charge in [0.05, 0.1) is 18.0 Å². The van der Waals surface area contributed by atoms with E-state index in [0.717, 1.165) is 16.3 Å². The molecule has 0 amide bonds. The molecule has 0 bridgehead atoms. The van der Waals surface area contributed by atoms with Crippen molar-refractivity contribution in [2.45, 2.75) is 6.61 Å². The molecule has 4 heteroatoms. The Morgan fingerprint density at radius 2 is 1.87 bits per heavy atom. The van der Waals surface area contributed by atoms with Crippen molar-refractivity contribution in [3.05, 3.63) is 48.0 Å². The van der Waals surface area contributed by atoms with Crippen LogP contribution < -0.4 is 0 Å². The molecule has 78 valence electrons. The molecule has 2 rings (SSSR count). The summed E-state index contributed by atoms with van der Waals surface area (Å²) in [7, 11) is 0. The molecule has 0 saturated heterocycles. The van der Waals surface area contributed by atoms with Gasteiger partial charge in [-0.05, 0) is 16.3 Å². The average Bonchev–Trinajstić information content (AvgIpc) is 2.26. The Labute approximate surface area is 90.2 Å². The minimum absolute atomic E-state index is 0.0808. The van der Waals surface area contributed by atoms with Crippen molar-refractivity contribution >= 4 is 22.1 Å². The summed E-state index contributed by atoms with van der Waals surface area (Å²) in [4.78, 5) is 0. The van der Waals surface area contributed by atoms with E-state index in [-0.39, 0.29) is 6.61 Å². The van der Waals surface area contributed by atoms with E-state index in [4.69, 9.17) is 0 Å². The molecule has 0 aliphatic rings. The van der Waals surface area contributed by atoms with Gasteiger partial charge in [0.15, 0.2) is 0 Å². The van der Waals surface area contributed by atoms with Gasteiger partial charge < -0.3 is 4.55 Å². The molecule has 0 saturated carbocycles. The first-order chi connectivity index (χ1) is 7.27. The lowest BCUT2D eigenvalue weighted by Crippen LogP contribution is -1.96. The van der Waals surface area contributed by atoms with Crippen LogP contribution in [0.1, 0.15) is 5.56 Å². The highest BCUT2D eigenvalue weighted by molar-refractivity contribution is 7.74. The third-order valence-corrected chi connectivity index (χ3v) is 2.50. The van der Waals surface area contributed by atoms with Crippen molar-refractivity contribution in [3.8, 4) is 0 Å². The Morgan fingerprint density at radius 1 is 1.13 bits per heavy atom. The Morgan fingerprint density at radius 3 is 2.67 bits per heavy atom. The van der Waals surface area contributed by atoms with Gasteiger partial charge in [-0.1, -0.05) is 42.5 Å². The summed E-state index contributed by atoms with van der Waals surface area (Å²) in [5.74, 6) is 0. The second-order valence-corrected chi connectivity index (χ2v) is 3.75. The van der Waals surface area contributed by atoms with Gasteiger partial charge in [-0.25, -0.2) is 4.21 Å². The van der Waals surface area contributed by atoms with Crippen molar-refractivity contribution in [2.24, 2.45) is 0 Å². The second kappa shape index (κ2) is 4.53. The maximum atomic E-state index is 10.3. The van der Waals surface area contributed by atoms with Crippen molar-refractivity contribution in [1.82, 2.24) is 0 Å². The normalized spacial score (nSPS) is 12.9. The summed E-state index contributed by atoms with van der Waals surface area (Å²) in [6, 6.07) is 13.5. The van der Waals surface area contributed by atoms with Crippen LogP contribution in [0.5, 0.6) is 0 Å². The summed E-state index contributed by atoms with van der Waals surface area (Å²) in [6.45, 7) is 0.0808. The Bertz CT molecular complexity index is 491. The summed E-state index contributed by atoms with van der Waals surface area (Å²) in [5, 5.41) is 2.10. The fourth-order valence-electron chi connectivity index (χ4n) is 1.53. The molecule has 0 fully saturated rings. The van der Waals surface area contributed by atoms with E-state index in [1.54, 1.807) is 0 Å². The summed E-state index contributed by atoms with van der Waals surface area (Å²) < 4.78 is 25.1. The molecule has 0 aromatic heterocycles. The molecule has 1 atom stereocenters. The number of benzene rings is 2. The highest BCUT2D eigenvalue weighted by atomic mass is 32.2. The number of hydrogen-bond donors (Lipinski definition) is 0. The van der Waals surface area contributed by atoms with E-state index in [1.807, 2.05) is 42.5 Å². The van der Waals surface area contributed by atoms with Crippen molar-refractivity contribution in [1.29, 1.82) is 0 Å². The zero-order valence-corrected chi connectivity index (χ0v) is 8.70. The van der Waals surface area contributed by atoms with Crippen LogP contribution in [-0.4, -0.2) is 8.76 Å². The molecular weight excluding hydrogens is 212 g/mol. The third kappa shape index (κ3) is 2.41. The highest BCUT2D eigenvalue weighted by Gasteiger charge is 1.99. The van der Waals surface area contributed by atoms with Gasteiger partial charge >= 0.3 is 0 Å². The van der Waals surface area contributed by atoms with Gasteiger partial charge in [-0.3, -0.25) is 4.18 Å². The predicted molar refractivity (Wildman–Crippen MR) is 57.7 cm³/mol. The molecule has 15 heavy (non-hydrogen) atoms. The molecule has 0 heterocycles. The van der Waals surface area contributed by atoms with E-state index in [9.17, 15) is 8.76 Å². The van der Waals surface area contributed by atoms with Gasteiger partial charge in [0.25, 0.3) is 0 Å². The topological polar surface area (TPSA) is 49.4 Å². The van der Waals surface area contributed by atoms with Crippen molar-refractivity contribution < 1.29 is 12.9 Å². The van der Waals surface area contributed by atoms with Crippen LogP contribution >= 0.6 is 0 Å². The summed E-state index contributed by atoms with van der Waals surface area (Å²) in [5.41, 5.74) is 0.873. The van der Waals surface area contributed by atoms with Crippen molar-refractivity contribution in [2.75, 3.05) is 0 Å². The summed E-state index contributed by atoms with van der Waals surface area (Å²) in [6.07, 6.45) is 0. The van der Waals surface area contributed by atoms with Gasteiger partial charge in [-0.2, -0.15) is 0 Å². The fourth-order valence-corrected chi connectivity index (χ4v) is 1.75. The minimum Gasteiger partial charge on any atom is -0.750 e. The first kappa shape index (κ1) is 10.3. The molecule has 3 nitrogen and oxygen atoms in total. The van der Waals surface area contributed by atoms with Crippen LogP contribution in [0.3, 0.4) is 0 Å². The van der Waals surface area contributed by atoms with Crippen LogP contribution in [0, 0.1) is 0 Å². The molecule has 0 aliphatic heterocycles. The molecule has 0 radical (unpaired) electrons. The average molecular weight is 221 g/mol. The first-order valence-corrected chi connectivity index (χ1v) is 5.46. The lowest BCUT2D eigenvalue weighted by molar-refractivity contribution is 0.292. The van der Waals surface area contributed by atoms with Crippen molar-refractivity contribution in [3.63, 3.8) is 0 Å². The maximum absolute atomic E-state index is 10.3. The number of fused-ring (bicyclic) bond motifs is 1. The van der Waals surface area contributed by atoms with Crippen LogP contribution in [0.15, 0.2) is 42.5 Å². The van der Waals surface area contributed by atoms with Gasteiger partial charge in [0.2, 0.25) is 0 Å². The van der Waals surface area contributed by atoms with E-state index in [2.05, 4.69) is 4.18 Å². The monoisotopic (exact) mass is 221 g/mol. The molecule has 1 unspecified atom stereocenters. The smallest absolute Gasteiger partial charge is 0.0885 e. The molecule has 0 N–H and O–H groups in total. The highest BCUT2D eigenvalue weighted by Crippen LogP contribution is 2.19. The third-order valence-electron chi connectivity index (χ3n) is 2.19. The minimum atomic E-state index is -2.46. The van der Waals surface area contributed by atoms with Crippen LogP contribution in [0.4, 0.5) is 0 Å². The molecule has 2 aromatic carbocycles. The SMILES string of the molecule is O=S([O-])OCc1cccc2ccccc12. The van der Waals surface area contributed by atoms with Gasteiger partial charge in [0, 0.05) is 0 Å². The zero-order chi connectivity index (χ0) is 10.7. The molecular formula is C11H9O3S-. The van der Waals surface area contributed by atoms with Gasteiger partial charge in [-0.15, -0.1) is 0 Å². The number of hydrogen-bond acceptors (Lipinski definition) is 3. The van der Waals surface area contributed by atoms with E-state index < -0.39 is 11.4 Å². The van der Waals surface area contributed by atoms with E-state index >= 15 is 0 Å². The van der Waals surface area contributed by atoms with Crippen LogP contribution in [-0.2, 0) is 22.2 Å². The molecule has 2 aromatic rings.